The van der Waals surface area contributed by atoms with Gasteiger partial charge in [0.15, 0.2) is 0 Å². The van der Waals surface area contributed by atoms with Crippen molar-refractivity contribution in [1.82, 2.24) is 9.97 Å². The number of nitrogens with one attached hydrogen (secondary N) is 1. The van der Waals surface area contributed by atoms with Gasteiger partial charge in [0.25, 0.3) is 0 Å². The van der Waals surface area contributed by atoms with Crippen LogP contribution in [0.25, 0.3) is 10.9 Å². The predicted molar refractivity (Wildman–Crippen MR) is 95.3 cm³/mol. The predicted octanol–water partition coefficient (Wildman–Crippen LogP) is 4.07. The monoisotopic (exact) mass is 356 g/mol. The number of rotatable bonds is 4. The zero-order valence-electron chi connectivity index (χ0n) is 12.5. The Morgan fingerprint density at radius 3 is 2.73 bits per heavy atom. The van der Waals surface area contributed by atoms with E-state index in [9.17, 15) is 0 Å². The SMILES string of the molecule is CN(C)c1ncccc1CNc1ccnc2c(Br)cccc12. The molecule has 1 N–H and O–H groups in total. The highest BCUT2D eigenvalue weighted by Crippen LogP contribution is 2.28. The third kappa shape index (κ3) is 2.90. The first-order chi connectivity index (χ1) is 10.7. The van der Waals surface area contributed by atoms with E-state index in [0.717, 1.165) is 32.4 Å². The van der Waals surface area contributed by atoms with Crippen LogP contribution in [0.4, 0.5) is 11.5 Å². The van der Waals surface area contributed by atoms with E-state index in [0.29, 0.717) is 6.54 Å². The molecule has 0 aliphatic heterocycles. The summed E-state index contributed by atoms with van der Waals surface area (Å²) in [6.07, 6.45) is 3.64. The number of nitrogens with zero attached hydrogens (tertiary/aromatic N) is 3. The van der Waals surface area contributed by atoms with E-state index in [2.05, 4.69) is 43.3 Å². The number of halogens is 1. The van der Waals surface area contributed by atoms with Crippen LogP contribution >= 0.6 is 15.9 Å². The molecule has 2 aromatic heterocycles. The minimum Gasteiger partial charge on any atom is -0.380 e. The summed E-state index contributed by atoms with van der Waals surface area (Å²) < 4.78 is 1.00. The first kappa shape index (κ1) is 14.8. The van der Waals surface area contributed by atoms with Gasteiger partial charge in [0, 0.05) is 54.1 Å². The average Bonchev–Trinajstić information content (AvgIpc) is 2.53. The van der Waals surface area contributed by atoms with Gasteiger partial charge in [0.2, 0.25) is 0 Å². The Hall–Kier alpha value is -2.14. The van der Waals surface area contributed by atoms with Crippen LogP contribution in [0.5, 0.6) is 0 Å². The lowest BCUT2D eigenvalue weighted by Gasteiger charge is -2.17. The van der Waals surface area contributed by atoms with E-state index in [1.54, 1.807) is 0 Å². The molecule has 0 radical (unpaired) electrons. The quantitative estimate of drug-likeness (QED) is 0.764. The number of pyridine rings is 2. The molecule has 2 heterocycles. The largest absolute Gasteiger partial charge is 0.380 e. The van der Waals surface area contributed by atoms with Gasteiger partial charge in [0.05, 0.1) is 5.52 Å². The minimum absolute atomic E-state index is 0.715. The van der Waals surface area contributed by atoms with Gasteiger partial charge in [-0.15, -0.1) is 0 Å². The summed E-state index contributed by atoms with van der Waals surface area (Å²) >= 11 is 3.55. The molecule has 0 saturated heterocycles. The Morgan fingerprint density at radius 1 is 1.05 bits per heavy atom. The standard InChI is InChI=1S/C17H17BrN4/c1-22(2)17-12(5-4-9-20-17)11-21-15-8-10-19-16-13(15)6-3-7-14(16)18/h3-10H,11H2,1-2H3,(H,19,21). The number of fused-ring (bicyclic) bond motifs is 1. The van der Waals surface area contributed by atoms with Crippen LogP contribution in [0, 0.1) is 0 Å². The Kier molecular flexibility index (Phi) is 4.24. The van der Waals surface area contributed by atoms with Crippen LogP contribution in [-0.4, -0.2) is 24.1 Å². The molecule has 22 heavy (non-hydrogen) atoms. The van der Waals surface area contributed by atoms with Crippen molar-refractivity contribution >= 4 is 38.3 Å². The van der Waals surface area contributed by atoms with E-state index in [4.69, 9.17) is 0 Å². The van der Waals surface area contributed by atoms with Gasteiger partial charge in [-0.05, 0) is 34.1 Å². The molecule has 0 bridgehead atoms. The molecule has 3 aromatic rings. The molecule has 112 valence electrons. The van der Waals surface area contributed by atoms with Crippen molar-refractivity contribution in [3.05, 3.63) is 58.8 Å². The van der Waals surface area contributed by atoms with Crippen LogP contribution in [-0.2, 0) is 6.54 Å². The summed E-state index contributed by atoms with van der Waals surface area (Å²) in [4.78, 5) is 10.9. The summed E-state index contributed by atoms with van der Waals surface area (Å²) in [6.45, 7) is 0.715. The highest BCUT2D eigenvalue weighted by atomic mass is 79.9. The zero-order valence-corrected chi connectivity index (χ0v) is 14.1. The van der Waals surface area contributed by atoms with Crippen molar-refractivity contribution in [3.63, 3.8) is 0 Å². The number of hydrogen-bond donors (Lipinski definition) is 1. The summed E-state index contributed by atoms with van der Waals surface area (Å²) in [5, 5.41) is 4.60. The zero-order chi connectivity index (χ0) is 15.5. The molecule has 0 atom stereocenters. The number of aromatic nitrogens is 2. The second kappa shape index (κ2) is 6.32. The van der Waals surface area contributed by atoms with Crippen molar-refractivity contribution < 1.29 is 0 Å². The number of anilines is 2. The van der Waals surface area contributed by atoms with Crippen molar-refractivity contribution in [2.75, 3.05) is 24.3 Å². The van der Waals surface area contributed by atoms with Crippen molar-refractivity contribution in [2.45, 2.75) is 6.54 Å². The fraction of sp³-hybridized carbons (Fsp3) is 0.176. The van der Waals surface area contributed by atoms with Crippen molar-refractivity contribution in [2.24, 2.45) is 0 Å². The molecular weight excluding hydrogens is 340 g/mol. The summed E-state index contributed by atoms with van der Waals surface area (Å²) in [6, 6.07) is 12.2. The lowest BCUT2D eigenvalue weighted by molar-refractivity contribution is 1.01. The molecule has 5 heteroatoms. The molecule has 0 saturated carbocycles. The summed E-state index contributed by atoms with van der Waals surface area (Å²) in [5.74, 6) is 0.981. The first-order valence-corrected chi connectivity index (χ1v) is 7.84. The van der Waals surface area contributed by atoms with Crippen LogP contribution in [0.2, 0.25) is 0 Å². The number of para-hydroxylation sites is 1. The lowest BCUT2D eigenvalue weighted by Crippen LogP contribution is -2.14. The van der Waals surface area contributed by atoms with Crippen molar-refractivity contribution in [1.29, 1.82) is 0 Å². The molecule has 0 amide bonds. The van der Waals surface area contributed by atoms with Crippen LogP contribution in [0.3, 0.4) is 0 Å². The molecule has 0 unspecified atom stereocenters. The van der Waals surface area contributed by atoms with E-state index in [1.807, 2.05) is 55.7 Å². The van der Waals surface area contributed by atoms with Gasteiger partial charge in [0.1, 0.15) is 5.82 Å². The second-order valence-corrected chi connectivity index (χ2v) is 6.08. The lowest BCUT2D eigenvalue weighted by atomic mass is 10.1. The maximum Gasteiger partial charge on any atom is 0.132 e. The number of benzene rings is 1. The normalized spacial score (nSPS) is 10.7. The van der Waals surface area contributed by atoms with E-state index in [-0.39, 0.29) is 0 Å². The first-order valence-electron chi connectivity index (χ1n) is 7.05. The average molecular weight is 357 g/mol. The minimum atomic E-state index is 0.715. The third-order valence-electron chi connectivity index (χ3n) is 3.48. The van der Waals surface area contributed by atoms with E-state index >= 15 is 0 Å². The van der Waals surface area contributed by atoms with E-state index in [1.165, 1.54) is 0 Å². The maximum atomic E-state index is 4.43. The third-order valence-corrected chi connectivity index (χ3v) is 4.12. The molecule has 0 aliphatic rings. The Labute approximate surface area is 138 Å². The van der Waals surface area contributed by atoms with Gasteiger partial charge in [-0.2, -0.15) is 0 Å². The van der Waals surface area contributed by atoms with E-state index < -0.39 is 0 Å². The number of hydrogen-bond acceptors (Lipinski definition) is 4. The fourth-order valence-electron chi connectivity index (χ4n) is 2.46. The van der Waals surface area contributed by atoms with Gasteiger partial charge in [-0.1, -0.05) is 18.2 Å². The summed E-state index contributed by atoms with van der Waals surface area (Å²) in [5.41, 5.74) is 3.19. The van der Waals surface area contributed by atoms with Gasteiger partial charge < -0.3 is 10.2 Å². The van der Waals surface area contributed by atoms with Crippen LogP contribution < -0.4 is 10.2 Å². The fourth-order valence-corrected chi connectivity index (χ4v) is 2.92. The topological polar surface area (TPSA) is 41.1 Å². The maximum absolute atomic E-state index is 4.43. The Bertz CT molecular complexity index is 802. The van der Waals surface area contributed by atoms with Gasteiger partial charge >= 0.3 is 0 Å². The molecule has 3 rings (SSSR count). The highest BCUT2D eigenvalue weighted by molar-refractivity contribution is 9.10. The van der Waals surface area contributed by atoms with Crippen LogP contribution in [0.1, 0.15) is 5.56 Å². The van der Waals surface area contributed by atoms with Gasteiger partial charge in [-0.25, -0.2) is 4.98 Å². The highest BCUT2D eigenvalue weighted by Gasteiger charge is 2.07. The molecule has 0 fully saturated rings. The molecular formula is C17H17BrN4. The second-order valence-electron chi connectivity index (χ2n) is 5.23. The van der Waals surface area contributed by atoms with Crippen LogP contribution in [0.15, 0.2) is 53.3 Å². The molecule has 4 nitrogen and oxygen atoms in total. The smallest absolute Gasteiger partial charge is 0.132 e. The van der Waals surface area contributed by atoms with Crippen molar-refractivity contribution in [3.8, 4) is 0 Å². The summed E-state index contributed by atoms with van der Waals surface area (Å²) in [7, 11) is 4.01. The Balaban J connectivity index is 1.91. The molecule has 1 aromatic carbocycles. The van der Waals surface area contributed by atoms with Gasteiger partial charge in [-0.3, -0.25) is 4.98 Å². The molecule has 0 spiro atoms. The molecule has 0 aliphatic carbocycles. The Morgan fingerprint density at radius 2 is 1.91 bits per heavy atom.